The summed E-state index contributed by atoms with van der Waals surface area (Å²) in [5.41, 5.74) is 2.44. The predicted octanol–water partition coefficient (Wildman–Crippen LogP) is 4.46. The van der Waals surface area contributed by atoms with E-state index in [0.717, 1.165) is 17.8 Å². The standard InChI is InChI=1S/C21H23F2N5O/c1-28(2)13-12-24-21-26-18(15-6-4-3-5-7-15)14-19(27-21)25-16-8-10-17(11-9-16)29-20(22)23/h3-11,14,20H,12-13H2,1-2H3,(H2,24,25,26,27). The van der Waals surface area contributed by atoms with Crippen molar-refractivity contribution in [2.75, 3.05) is 37.8 Å². The highest BCUT2D eigenvalue weighted by molar-refractivity contribution is 5.67. The van der Waals surface area contributed by atoms with Gasteiger partial charge in [-0.2, -0.15) is 13.8 Å². The van der Waals surface area contributed by atoms with Crippen LogP contribution in [-0.2, 0) is 0 Å². The molecule has 2 N–H and O–H groups in total. The molecule has 0 saturated carbocycles. The zero-order chi connectivity index (χ0) is 20.6. The molecule has 1 aromatic heterocycles. The van der Waals surface area contributed by atoms with Gasteiger partial charge in [0.2, 0.25) is 5.95 Å². The van der Waals surface area contributed by atoms with Crippen molar-refractivity contribution < 1.29 is 13.5 Å². The van der Waals surface area contributed by atoms with Gasteiger partial charge < -0.3 is 20.3 Å². The number of halogens is 2. The Balaban J connectivity index is 1.82. The van der Waals surface area contributed by atoms with Crippen LogP contribution in [0.3, 0.4) is 0 Å². The second kappa shape index (κ2) is 9.79. The summed E-state index contributed by atoms with van der Waals surface area (Å²) in [5.74, 6) is 1.20. The van der Waals surface area contributed by atoms with Crippen LogP contribution in [0, 0.1) is 0 Å². The Kier molecular flexibility index (Phi) is 6.91. The van der Waals surface area contributed by atoms with Crippen molar-refractivity contribution in [1.82, 2.24) is 14.9 Å². The largest absolute Gasteiger partial charge is 0.435 e. The molecule has 29 heavy (non-hydrogen) atoms. The van der Waals surface area contributed by atoms with Gasteiger partial charge in [0.1, 0.15) is 11.6 Å². The second-order valence-electron chi connectivity index (χ2n) is 6.59. The van der Waals surface area contributed by atoms with Gasteiger partial charge in [-0.05, 0) is 38.4 Å². The number of anilines is 3. The molecule has 0 radical (unpaired) electrons. The molecule has 6 nitrogen and oxygen atoms in total. The molecule has 0 atom stereocenters. The van der Waals surface area contributed by atoms with Gasteiger partial charge in [-0.25, -0.2) is 4.98 Å². The lowest BCUT2D eigenvalue weighted by atomic mass is 10.1. The minimum absolute atomic E-state index is 0.101. The fourth-order valence-electron chi connectivity index (χ4n) is 2.61. The third-order valence-electron chi connectivity index (χ3n) is 3.99. The van der Waals surface area contributed by atoms with Crippen molar-refractivity contribution in [3.63, 3.8) is 0 Å². The molecule has 3 rings (SSSR count). The van der Waals surface area contributed by atoms with E-state index in [4.69, 9.17) is 0 Å². The molecule has 8 heteroatoms. The molecule has 0 bridgehead atoms. The molecule has 152 valence electrons. The van der Waals surface area contributed by atoms with Gasteiger partial charge in [-0.1, -0.05) is 30.3 Å². The Morgan fingerprint density at radius 2 is 1.72 bits per heavy atom. The molecule has 2 aromatic carbocycles. The first-order valence-electron chi connectivity index (χ1n) is 9.14. The smallest absolute Gasteiger partial charge is 0.387 e. The van der Waals surface area contributed by atoms with Crippen molar-refractivity contribution in [2.45, 2.75) is 6.61 Å². The van der Waals surface area contributed by atoms with Crippen LogP contribution in [0.4, 0.5) is 26.2 Å². The molecule has 3 aromatic rings. The number of benzene rings is 2. The normalized spacial score (nSPS) is 11.0. The number of hydrogen-bond donors (Lipinski definition) is 2. The van der Waals surface area contributed by atoms with Gasteiger partial charge in [0.05, 0.1) is 5.69 Å². The number of hydrogen-bond acceptors (Lipinski definition) is 6. The lowest BCUT2D eigenvalue weighted by molar-refractivity contribution is -0.0498. The third-order valence-corrected chi connectivity index (χ3v) is 3.99. The van der Waals surface area contributed by atoms with Crippen molar-refractivity contribution >= 4 is 17.5 Å². The SMILES string of the molecule is CN(C)CCNc1nc(Nc2ccc(OC(F)F)cc2)cc(-c2ccccc2)n1. The summed E-state index contributed by atoms with van der Waals surface area (Å²) in [7, 11) is 3.99. The fraction of sp³-hybridized carbons (Fsp3) is 0.238. The Morgan fingerprint density at radius 1 is 1.00 bits per heavy atom. The topological polar surface area (TPSA) is 62.3 Å². The Bertz CT molecular complexity index is 905. The Labute approximate surface area is 168 Å². The summed E-state index contributed by atoms with van der Waals surface area (Å²) in [6, 6.07) is 17.9. The van der Waals surface area contributed by atoms with Crippen LogP contribution in [0.15, 0.2) is 60.7 Å². The molecule has 0 fully saturated rings. The van der Waals surface area contributed by atoms with Gasteiger partial charge in [0.15, 0.2) is 0 Å². The predicted molar refractivity (Wildman–Crippen MR) is 111 cm³/mol. The van der Waals surface area contributed by atoms with E-state index in [9.17, 15) is 8.78 Å². The van der Waals surface area contributed by atoms with E-state index in [-0.39, 0.29) is 5.75 Å². The van der Waals surface area contributed by atoms with E-state index in [1.807, 2.05) is 50.5 Å². The van der Waals surface area contributed by atoms with Crippen molar-refractivity contribution in [1.29, 1.82) is 0 Å². The molecular weight excluding hydrogens is 376 g/mol. The average Bonchev–Trinajstić information content (AvgIpc) is 2.69. The van der Waals surface area contributed by atoms with Crippen LogP contribution in [0.25, 0.3) is 11.3 Å². The zero-order valence-corrected chi connectivity index (χ0v) is 16.3. The average molecular weight is 399 g/mol. The maximum atomic E-state index is 12.3. The van der Waals surface area contributed by atoms with Crippen molar-refractivity contribution in [2.24, 2.45) is 0 Å². The van der Waals surface area contributed by atoms with E-state index < -0.39 is 6.61 Å². The summed E-state index contributed by atoms with van der Waals surface area (Å²) < 4.78 is 29.0. The monoisotopic (exact) mass is 399 g/mol. The summed E-state index contributed by atoms with van der Waals surface area (Å²) >= 11 is 0. The summed E-state index contributed by atoms with van der Waals surface area (Å²) in [6.45, 7) is -1.31. The van der Waals surface area contributed by atoms with E-state index >= 15 is 0 Å². The highest BCUT2D eigenvalue weighted by atomic mass is 19.3. The number of nitrogens with one attached hydrogen (secondary N) is 2. The number of alkyl halides is 2. The number of aromatic nitrogens is 2. The van der Waals surface area contributed by atoms with Crippen molar-refractivity contribution in [3.8, 4) is 17.0 Å². The second-order valence-corrected chi connectivity index (χ2v) is 6.59. The summed E-state index contributed by atoms with van der Waals surface area (Å²) in [4.78, 5) is 11.2. The van der Waals surface area contributed by atoms with Gasteiger partial charge >= 0.3 is 6.61 Å². The maximum Gasteiger partial charge on any atom is 0.387 e. The lowest BCUT2D eigenvalue weighted by Crippen LogP contribution is -2.21. The Hall–Kier alpha value is -3.26. The first-order valence-corrected chi connectivity index (χ1v) is 9.14. The molecule has 0 aliphatic rings. The number of ether oxygens (including phenoxy) is 1. The first kappa shape index (κ1) is 20.5. The van der Waals surface area contributed by atoms with E-state index in [1.54, 1.807) is 12.1 Å². The molecule has 0 saturated heterocycles. The van der Waals surface area contributed by atoms with Crippen LogP contribution in [0.2, 0.25) is 0 Å². The summed E-state index contributed by atoms with van der Waals surface area (Å²) in [6.07, 6.45) is 0. The third kappa shape index (κ3) is 6.39. The Morgan fingerprint density at radius 3 is 2.38 bits per heavy atom. The molecule has 0 aliphatic carbocycles. The van der Waals surface area contributed by atoms with E-state index in [0.29, 0.717) is 24.0 Å². The van der Waals surface area contributed by atoms with Crippen LogP contribution >= 0.6 is 0 Å². The molecule has 0 spiro atoms. The number of likely N-dealkylation sites (N-methyl/N-ethyl adjacent to an activating group) is 1. The van der Waals surface area contributed by atoms with Crippen LogP contribution in [-0.4, -0.2) is 48.7 Å². The molecule has 0 unspecified atom stereocenters. The highest BCUT2D eigenvalue weighted by Crippen LogP contribution is 2.25. The highest BCUT2D eigenvalue weighted by Gasteiger charge is 2.08. The molecule has 0 aliphatic heterocycles. The first-order chi connectivity index (χ1) is 14.0. The number of nitrogens with zero attached hydrogens (tertiary/aromatic N) is 3. The number of rotatable bonds is 9. The summed E-state index contributed by atoms with van der Waals surface area (Å²) in [5, 5.41) is 6.43. The lowest BCUT2D eigenvalue weighted by Gasteiger charge is -2.13. The van der Waals surface area contributed by atoms with Gasteiger partial charge in [-0.15, -0.1) is 0 Å². The van der Waals surface area contributed by atoms with E-state index in [1.165, 1.54) is 12.1 Å². The van der Waals surface area contributed by atoms with E-state index in [2.05, 4.69) is 30.2 Å². The van der Waals surface area contributed by atoms with Crippen LogP contribution < -0.4 is 15.4 Å². The van der Waals surface area contributed by atoms with Gasteiger partial charge in [-0.3, -0.25) is 0 Å². The van der Waals surface area contributed by atoms with Gasteiger partial charge in [0.25, 0.3) is 0 Å². The molecular formula is C21H23F2N5O. The molecule has 1 heterocycles. The zero-order valence-electron chi connectivity index (χ0n) is 16.3. The quantitative estimate of drug-likeness (QED) is 0.554. The maximum absolute atomic E-state index is 12.3. The van der Waals surface area contributed by atoms with Crippen LogP contribution in [0.1, 0.15) is 0 Å². The van der Waals surface area contributed by atoms with Crippen molar-refractivity contribution in [3.05, 3.63) is 60.7 Å². The minimum Gasteiger partial charge on any atom is -0.435 e. The fourth-order valence-corrected chi connectivity index (χ4v) is 2.61. The van der Waals surface area contributed by atoms with Crippen LogP contribution in [0.5, 0.6) is 5.75 Å². The molecule has 0 amide bonds. The van der Waals surface area contributed by atoms with Gasteiger partial charge in [0, 0.05) is 30.4 Å². The minimum atomic E-state index is -2.85.